The first-order valence-corrected chi connectivity index (χ1v) is 5.97. The highest BCUT2D eigenvalue weighted by Gasteiger charge is 2.44. The molecule has 0 spiro atoms. The molecule has 1 aliphatic heterocycles. The van der Waals surface area contributed by atoms with E-state index in [0.717, 1.165) is 25.0 Å². The van der Waals surface area contributed by atoms with Crippen molar-refractivity contribution in [2.24, 2.45) is 17.3 Å². The summed E-state index contributed by atoms with van der Waals surface area (Å²) in [5.74, 6) is 1.80. The van der Waals surface area contributed by atoms with Gasteiger partial charge in [0.1, 0.15) is 0 Å². The van der Waals surface area contributed by atoms with Crippen LogP contribution in [0.5, 0.6) is 0 Å². The number of ether oxygens (including phenoxy) is 1. The van der Waals surface area contributed by atoms with Crippen molar-refractivity contribution in [3.8, 4) is 0 Å². The molecule has 1 unspecified atom stereocenters. The van der Waals surface area contributed by atoms with Gasteiger partial charge in [-0.1, -0.05) is 13.8 Å². The normalized spacial score (nSPS) is 31.7. The third-order valence-electron chi connectivity index (χ3n) is 3.88. The predicted octanol–water partition coefficient (Wildman–Crippen LogP) is 2.05. The first-order valence-electron chi connectivity index (χ1n) is 5.97. The van der Waals surface area contributed by atoms with Crippen LogP contribution in [-0.2, 0) is 4.74 Å². The molecule has 2 fully saturated rings. The topological polar surface area (TPSA) is 21.3 Å². The molecule has 0 aromatic carbocycles. The Morgan fingerprint density at radius 3 is 2.43 bits per heavy atom. The Balaban J connectivity index is 1.54. The molecule has 0 radical (unpaired) electrons. The number of rotatable bonds is 4. The van der Waals surface area contributed by atoms with Crippen LogP contribution in [0.15, 0.2) is 0 Å². The van der Waals surface area contributed by atoms with E-state index in [9.17, 15) is 0 Å². The van der Waals surface area contributed by atoms with Gasteiger partial charge in [-0.3, -0.25) is 0 Å². The maximum Gasteiger partial charge on any atom is 0.0469 e. The van der Waals surface area contributed by atoms with Crippen LogP contribution in [0.4, 0.5) is 0 Å². The van der Waals surface area contributed by atoms with Crippen LogP contribution in [0, 0.1) is 17.3 Å². The van der Waals surface area contributed by atoms with Gasteiger partial charge < -0.3 is 10.1 Å². The molecule has 0 aromatic rings. The van der Waals surface area contributed by atoms with Gasteiger partial charge in [0.05, 0.1) is 0 Å². The highest BCUT2D eigenvalue weighted by Crippen LogP contribution is 2.50. The van der Waals surface area contributed by atoms with Crippen LogP contribution < -0.4 is 5.32 Å². The summed E-state index contributed by atoms with van der Waals surface area (Å²) in [6, 6.07) is 0. The molecule has 2 aliphatic rings. The zero-order valence-corrected chi connectivity index (χ0v) is 9.51. The number of hydrogen-bond donors (Lipinski definition) is 1. The molecular weight excluding hydrogens is 174 g/mol. The van der Waals surface area contributed by atoms with Gasteiger partial charge in [0.15, 0.2) is 0 Å². The lowest BCUT2D eigenvalue weighted by molar-refractivity contribution is 0.0662. The molecule has 0 bridgehead atoms. The second-order valence-corrected chi connectivity index (χ2v) is 5.60. The molecular formula is C12H23NO. The lowest BCUT2D eigenvalue weighted by Crippen LogP contribution is -2.29. The van der Waals surface area contributed by atoms with E-state index in [1.54, 1.807) is 0 Å². The van der Waals surface area contributed by atoms with Gasteiger partial charge in [-0.2, -0.15) is 0 Å². The van der Waals surface area contributed by atoms with Crippen molar-refractivity contribution >= 4 is 0 Å². The monoisotopic (exact) mass is 197 g/mol. The second kappa shape index (κ2) is 4.19. The fraction of sp³-hybridized carbons (Fsp3) is 1.00. The van der Waals surface area contributed by atoms with E-state index in [0.29, 0.717) is 5.41 Å². The lowest BCUT2D eigenvalue weighted by atomic mass is 10.0. The van der Waals surface area contributed by atoms with E-state index in [-0.39, 0.29) is 0 Å². The molecule has 14 heavy (non-hydrogen) atoms. The minimum Gasteiger partial charge on any atom is -0.381 e. The highest BCUT2D eigenvalue weighted by molar-refractivity contribution is 4.96. The van der Waals surface area contributed by atoms with Crippen LogP contribution >= 0.6 is 0 Å². The quantitative estimate of drug-likeness (QED) is 0.745. The average Bonchev–Trinajstić information content (AvgIpc) is 2.76. The Hall–Kier alpha value is -0.0800. The van der Waals surface area contributed by atoms with E-state index in [4.69, 9.17) is 4.74 Å². The first-order chi connectivity index (χ1) is 6.68. The SMILES string of the molecule is CC1(C)CC1CNCC1CCOCC1. The van der Waals surface area contributed by atoms with E-state index in [1.807, 2.05) is 0 Å². The van der Waals surface area contributed by atoms with Crippen molar-refractivity contribution in [2.45, 2.75) is 33.1 Å². The van der Waals surface area contributed by atoms with Gasteiger partial charge in [-0.15, -0.1) is 0 Å². The smallest absolute Gasteiger partial charge is 0.0469 e. The molecule has 82 valence electrons. The predicted molar refractivity (Wildman–Crippen MR) is 58.3 cm³/mol. The number of hydrogen-bond acceptors (Lipinski definition) is 2. The van der Waals surface area contributed by atoms with Gasteiger partial charge in [-0.25, -0.2) is 0 Å². The molecule has 2 heteroatoms. The summed E-state index contributed by atoms with van der Waals surface area (Å²) < 4.78 is 5.34. The van der Waals surface area contributed by atoms with E-state index >= 15 is 0 Å². The van der Waals surface area contributed by atoms with Crippen molar-refractivity contribution in [2.75, 3.05) is 26.3 Å². The third-order valence-corrected chi connectivity index (χ3v) is 3.88. The fourth-order valence-corrected chi connectivity index (χ4v) is 2.34. The molecule has 2 rings (SSSR count). The third kappa shape index (κ3) is 2.71. The Bertz CT molecular complexity index is 185. The molecule has 1 atom stereocenters. The van der Waals surface area contributed by atoms with Crippen molar-refractivity contribution in [3.63, 3.8) is 0 Å². The Labute approximate surface area is 87.4 Å². The molecule has 1 N–H and O–H groups in total. The summed E-state index contributed by atoms with van der Waals surface area (Å²) in [7, 11) is 0. The molecule has 1 heterocycles. The first kappa shape index (κ1) is 10.4. The van der Waals surface area contributed by atoms with Crippen molar-refractivity contribution in [3.05, 3.63) is 0 Å². The fourth-order valence-electron chi connectivity index (χ4n) is 2.34. The summed E-state index contributed by atoms with van der Waals surface area (Å²) >= 11 is 0. The zero-order chi connectivity index (χ0) is 10.0. The second-order valence-electron chi connectivity index (χ2n) is 5.60. The van der Waals surface area contributed by atoms with E-state index in [1.165, 1.54) is 32.4 Å². The summed E-state index contributed by atoms with van der Waals surface area (Å²) in [5, 5.41) is 3.62. The Morgan fingerprint density at radius 1 is 1.21 bits per heavy atom. The minimum absolute atomic E-state index is 0.628. The van der Waals surface area contributed by atoms with Crippen LogP contribution in [0.25, 0.3) is 0 Å². The van der Waals surface area contributed by atoms with Crippen LogP contribution in [0.3, 0.4) is 0 Å². The maximum atomic E-state index is 5.34. The van der Waals surface area contributed by atoms with Gasteiger partial charge in [0.25, 0.3) is 0 Å². The lowest BCUT2D eigenvalue weighted by Gasteiger charge is -2.22. The standard InChI is InChI=1S/C12H23NO/c1-12(2)7-11(12)9-13-8-10-3-5-14-6-4-10/h10-11,13H,3-9H2,1-2H3. The van der Waals surface area contributed by atoms with E-state index in [2.05, 4.69) is 19.2 Å². The highest BCUT2D eigenvalue weighted by atomic mass is 16.5. The van der Waals surface area contributed by atoms with Crippen LogP contribution in [0.2, 0.25) is 0 Å². The largest absolute Gasteiger partial charge is 0.381 e. The van der Waals surface area contributed by atoms with Crippen molar-refractivity contribution < 1.29 is 4.74 Å². The maximum absolute atomic E-state index is 5.34. The molecule has 1 saturated carbocycles. The molecule has 1 aliphatic carbocycles. The van der Waals surface area contributed by atoms with Gasteiger partial charge in [0, 0.05) is 13.2 Å². The Morgan fingerprint density at radius 2 is 1.86 bits per heavy atom. The van der Waals surface area contributed by atoms with E-state index < -0.39 is 0 Å². The molecule has 1 saturated heterocycles. The molecule has 0 aromatic heterocycles. The Kier molecular flexibility index (Phi) is 3.13. The van der Waals surface area contributed by atoms with Gasteiger partial charge in [-0.05, 0) is 49.6 Å². The van der Waals surface area contributed by atoms with Crippen molar-refractivity contribution in [1.29, 1.82) is 0 Å². The van der Waals surface area contributed by atoms with Crippen molar-refractivity contribution in [1.82, 2.24) is 5.32 Å². The van der Waals surface area contributed by atoms with Gasteiger partial charge in [0.2, 0.25) is 0 Å². The molecule has 0 amide bonds. The van der Waals surface area contributed by atoms with Crippen LogP contribution in [0.1, 0.15) is 33.1 Å². The summed E-state index contributed by atoms with van der Waals surface area (Å²) in [6.07, 6.45) is 3.91. The zero-order valence-electron chi connectivity index (χ0n) is 9.51. The summed E-state index contributed by atoms with van der Waals surface area (Å²) in [4.78, 5) is 0. The number of nitrogens with one attached hydrogen (secondary N) is 1. The van der Waals surface area contributed by atoms with Gasteiger partial charge >= 0.3 is 0 Å². The minimum atomic E-state index is 0.628. The average molecular weight is 197 g/mol. The summed E-state index contributed by atoms with van der Waals surface area (Å²) in [5.41, 5.74) is 0.628. The molecule has 2 nitrogen and oxygen atoms in total. The van der Waals surface area contributed by atoms with Crippen LogP contribution in [-0.4, -0.2) is 26.3 Å². The summed E-state index contributed by atoms with van der Waals surface area (Å²) in [6.45, 7) is 9.12.